The minimum absolute atomic E-state index is 0.0395. The van der Waals surface area contributed by atoms with Gasteiger partial charge in [-0.1, -0.05) is 18.2 Å². The maximum absolute atomic E-state index is 7.40. The molecule has 6 nitrogen and oxygen atoms in total. The van der Waals surface area contributed by atoms with Crippen LogP contribution in [-0.2, 0) is 0 Å². The lowest BCUT2D eigenvalue weighted by Gasteiger charge is -2.00. The summed E-state index contributed by atoms with van der Waals surface area (Å²) in [4.78, 5) is 8.34. The average molecular weight is 260 g/mol. The normalized spacial score (nSPS) is 10.7. The molecule has 1 heterocycles. The van der Waals surface area contributed by atoms with Crippen LogP contribution in [0.5, 0.6) is 0 Å². The molecule has 18 heavy (non-hydrogen) atoms. The Labute approximate surface area is 108 Å². The molecule has 0 radical (unpaired) electrons. The molecule has 2 aromatic rings. The van der Waals surface area contributed by atoms with E-state index in [2.05, 4.69) is 15.4 Å². The minimum Gasteiger partial charge on any atom is -0.384 e. The molecule has 0 spiro atoms. The molecule has 2 rings (SSSR count). The summed E-state index contributed by atoms with van der Waals surface area (Å²) >= 11 is 1.41. The molecule has 0 atom stereocenters. The molecule has 1 aromatic carbocycles. The summed E-state index contributed by atoms with van der Waals surface area (Å²) in [5, 5.41) is 9.90. The number of benzene rings is 1. The van der Waals surface area contributed by atoms with Gasteiger partial charge in [0.05, 0.1) is 5.69 Å². The Morgan fingerprint density at radius 3 is 3.06 bits per heavy atom. The van der Waals surface area contributed by atoms with Crippen molar-refractivity contribution in [3.05, 3.63) is 35.2 Å². The number of hydrazine groups is 1. The van der Waals surface area contributed by atoms with Gasteiger partial charge in [0.1, 0.15) is 12.2 Å². The number of aromatic nitrogens is 1. The van der Waals surface area contributed by atoms with Crippen LogP contribution in [0.3, 0.4) is 0 Å². The van der Waals surface area contributed by atoms with Crippen LogP contribution in [0.1, 0.15) is 5.56 Å². The van der Waals surface area contributed by atoms with E-state index in [4.69, 9.17) is 17.0 Å². The largest absolute Gasteiger partial charge is 0.384 e. The first kappa shape index (κ1) is 12.2. The second kappa shape index (κ2) is 5.39. The number of hydrogen-bond donors (Lipinski definition) is 4. The fourth-order valence-electron chi connectivity index (χ4n) is 1.39. The van der Waals surface area contributed by atoms with Gasteiger partial charge >= 0.3 is 0 Å². The number of thiazole rings is 1. The van der Waals surface area contributed by atoms with Gasteiger partial charge in [0.15, 0.2) is 0 Å². The highest BCUT2D eigenvalue weighted by Gasteiger charge is 2.05. The summed E-state index contributed by atoms with van der Waals surface area (Å²) in [6, 6.07) is 7.37. The number of nitrogens with zero attached hydrogens (tertiary/aromatic N) is 2. The number of aliphatic imine (C=N–C) groups is 1. The predicted molar refractivity (Wildman–Crippen MR) is 74.0 cm³/mol. The van der Waals surface area contributed by atoms with Crippen LogP contribution in [0.15, 0.2) is 34.6 Å². The minimum atomic E-state index is 0.0395. The summed E-state index contributed by atoms with van der Waals surface area (Å²) in [6.45, 7) is 0. The molecule has 7 heteroatoms. The fourth-order valence-corrected chi connectivity index (χ4v) is 2.07. The Kier molecular flexibility index (Phi) is 3.66. The quantitative estimate of drug-likeness (QED) is 0.286. The molecule has 1 aromatic heterocycles. The highest BCUT2D eigenvalue weighted by molar-refractivity contribution is 7.13. The molecule has 6 N–H and O–H groups in total. The van der Waals surface area contributed by atoms with E-state index in [0.29, 0.717) is 10.7 Å². The summed E-state index contributed by atoms with van der Waals surface area (Å²) in [7, 11) is 0. The van der Waals surface area contributed by atoms with E-state index in [9.17, 15) is 0 Å². The van der Waals surface area contributed by atoms with Gasteiger partial charge in [-0.3, -0.25) is 5.41 Å². The Morgan fingerprint density at radius 1 is 1.50 bits per heavy atom. The van der Waals surface area contributed by atoms with E-state index in [1.165, 1.54) is 17.7 Å². The third-order valence-corrected chi connectivity index (χ3v) is 2.96. The molecular weight excluding hydrogens is 248 g/mol. The Bertz CT molecular complexity index is 589. The zero-order valence-corrected chi connectivity index (χ0v) is 10.2. The topological polar surface area (TPSA) is 113 Å². The monoisotopic (exact) mass is 260 g/mol. The third kappa shape index (κ3) is 2.70. The van der Waals surface area contributed by atoms with Crippen LogP contribution in [-0.4, -0.2) is 17.2 Å². The number of rotatable bonds is 4. The molecule has 0 unspecified atom stereocenters. The van der Waals surface area contributed by atoms with Crippen molar-refractivity contribution in [1.29, 1.82) is 5.41 Å². The van der Waals surface area contributed by atoms with Crippen LogP contribution in [0.25, 0.3) is 11.3 Å². The van der Waals surface area contributed by atoms with E-state index in [1.807, 2.05) is 23.6 Å². The summed E-state index contributed by atoms with van der Waals surface area (Å²) < 4.78 is 0. The predicted octanol–water partition coefficient (Wildman–Crippen LogP) is 1.22. The highest BCUT2D eigenvalue weighted by atomic mass is 32.1. The maximum Gasteiger partial charge on any atom is 0.211 e. The number of nitrogens with one attached hydrogen (secondary N) is 2. The molecule has 0 fully saturated rings. The van der Waals surface area contributed by atoms with Crippen LogP contribution in [0, 0.1) is 5.41 Å². The SMILES string of the molecule is N=C(N)c1cccc(-c2csc(/N=C/NN)n2)c1. The zero-order valence-electron chi connectivity index (χ0n) is 9.42. The molecule has 0 bridgehead atoms. The number of nitrogens with two attached hydrogens (primary N) is 2. The average Bonchev–Trinajstić information content (AvgIpc) is 2.85. The lowest BCUT2D eigenvalue weighted by atomic mass is 10.1. The first-order chi connectivity index (χ1) is 8.70. The van der Waals surface area contributed by atoms with Gasteiger partial charge in [0.25, 0.3) is 0 Å². The van der Waals surface area contributed by atoms with Crippen LogP contribution >= 0.6 is 11.3 Å². The van der Waals surface area contributed by atoms with E-state index in [0.717, 1.165) is 11.3 Å². The van der Waals surface area contributed by atoms with Crippen LogP contribution in [0.4, 0.5) is 5.13 Å². The van der Waals surface area contributed by atoms with Crippen molar-refractivity contribution < 1.29 is 0 Å². The fraction of sp³-hybridized carbons (Fsp3) is 0. The van der Waals surface area contributed by atoms with Gasteiger partial charge in [-0.2, -0.15) is 0 Å². The summed E-state index contributed by atoms with van der Waals surface area (Å²) in [5.74, 6) is 5.13. The van der Waals surface area contributed by atoms with Crippen molar-refractivity contribution in [1.82, 2.24) is 10.4 Å². The first-order valence-corrected chi connectivity index (χ1v) is 5.97. The second-order valence-corrected chi connectivity index (χ2v) is 4.27. The lowest BCUT2D eigenvalue weighted by molar-refractivity contribution is 1.05. The Balaban J connectivity index is 2.31. The van der Waals surface area contributed by atoms with Gasteiger partial charge in [0.2, 0.25) is 5.13 Å². The van der Waals surface area contributed by atoms with Gasteiger partial charge in [-0.25, -0.2) is 15.8 Å². The first-order valence-electron chi connectivity index (χ1n) is 5.09. The van der Waals surface area contributed by atoms with Crippen molar-refractivity contribution in [2.24, 2.45) is 16.6 Å². The lowest BCUT2D eigenvalue weighted by Crippen LogP contribution is -2.18. The second-order valence-electron chi connectivity index (χ2n) is 3.43. The zero-order chi connectivity index (χ0) is 13.0. The van der Waals surface area contributed by atoms with Crippen molar-refractivity contribution in [3.8, 4) is 11.3 Å². The van der Waals surface area contributed by atoms with Crippen molar-refractivity contribution in [2.45, 2.75) is 0 Å². The van der Waals surface area contributed by atoms with Gasteiger partial charge in [-0.15, -0.1) is 11.3 Å². The van der Waals surface area contributed by atoms with E-state index in [1.54, 1.807) is 6.07 Å². The molecule has 0 aliphatic carbocycles. The number of nitrogen functional groups attached to an aromatic ring is 1. The highest BCUT2D eigenvalue weighted by Crippen LogP contribution is 2.26. The Hall–Kier alpha value is -2.25. The summed E-state index contributed by atoms with van der Waals surface area (Å²) in [6.07, 6.45) is 1.37. The molecule has 0 amide bonds. The Morgan fingerprint density at radius 2 is 2.33 bits per heavy atom. The molecular formula is C11H12N6S. The van der Waals surface area contributed by atoms with Gasteiger partial charge < -0.3 is 11.2 Å². The maximum atomic E-state index is 7.40. The van der Waals surface area contributed by atoms with Gasteiger partial charge in [-0.05, 0) is 6.07 Å². The number of amidine groups is 1. The van der Waals surface area contributed by atoms with Crippen molar-refractivity contribution >= 4 is 28.6 Å². The van der Waals surface area contributed by atoms with Gasteiger partial charge in [0, 0.05) is 16.5 Å². The number of hydrogen-bond acceptors (Lipinski definition) is 5. The molecule has 0 aliphatic rings. The third-order valence-electron chi connectivity index (χ3n) is 2.21. The van der Waals surface area contributed by atoms with E-state index >= 15 is 0 Å². The van der Waals surface area contributed by atoms with Crippen molar-refractivity contribution in [3.63, 3.8) is 0 Å². The van der Waals surface area contributed by atoms with Crippen molar-refractivity contribution in [2.75, 3.05) is 0 Å². The standard InChI is InChI=1S/C11H12N6S/c12-10(13)8-3-1-2-7(4-8)9-5-18-11(17-9)15-6-16-14/h1-6H,14H2,(H3,12,13)(H,15,16,17). The molecule has 0 aliphatic heterocycles. The summed E-state index contributed by atoms with van der Waals surface area (Å²) in [5.41, 5.74) is 10.1. The van der Waals surface area contributed by atoms with Crippen LogP contribution in [0.2, 0.25) is 0 Å². The smallest absolute Gasteiger partial charge is 0.211 e. The molecule has 0 saturated carbocycles. The van der Waals surface area contributed by atoms with E-state index in [-0.39, 0.29) is 5.84 Å². The molecule has 0 saturated heterocycles. The molecule has 92 valence electrons. The van der Waals surface area contributed by atoms with Crippen LogP contribution < -0.4 is 17.0 Å². The van der Waals surface area contributed by atoms with E-state index < -0.39 is 0 Å².